The van der Waals surface area contributed by atoms with Crippen molar-refractivity contribution in [3.05, 3.63) is 57.3 Å². The monoisotopic (exact) mass is 563 g/mol. The van der Waals surface area contributed by atoms with Crippen LogP contribution in [0.25, 0.3) is 11.1 Å². The summed E-state index contributed by atoms with van der Waals surface area (Å²) in [6.45, 7) is 3.77. The second-order valence-electron chi connectivity index (χ2n) is 10.6. The van der Waals surface area contributed by atoms with Gasteiger partial charge in [0.2, 0.25) is 23.0 Å². The smallest absolute Gasteiger partial charge is 0.242 e. The molecule has 220 valence electrons. The van der Waals surface area contributed by atoms with E-state index in [0.717, 1.165) is 36.0 Å². The van der Waals surface area contributed by atoms with E-state index < -0.39 is 12.1 Å². The van der Waals surface area contributed by atoms with Gasteiger partial charge in [-0.3, -0.25) is 14.4 Å². The fourth-order valence-electron chi connectivity index (χ4n) is 5.76. The van der Waals surface area contributed by atoms with E-state index in [1.54, 1.807) is 40.4 Å². The average Bonchev–Trinajstić information content (AvgIpc) is 3.21. The third kappa shape index (κ3) is 6.84. The number of aryl methyl sites for hydroxylation is 1. The predicted molar refractivity (Wildman–Crippen MR) is 160 cm³/mol. The minimum Gasteiger partial charge on any atom is -0.493 e. The molecule has 0 saturated heterocycles. The van der Waals surface area contributed by atoms with Crippen LogP contribution in [0.5, 0.6) is 17.2 Å². The number of benzene rings is 1. The highest BCUT2D eigenvalue weighted by molar-refractivity contribution is 5.85. The van der Waals surface area contributed by atoms with Crippen molar-refractivity contribution in [3.8, 4) is 28.4 Å². The summed E-state index contributed by atoms with van der Waals surface area (Å²) in [5.41, 5.74) is 4.53. The van der Waals surface area contributed by atoms with E-state index in [9.17, 15) is 14.4 Å². The highest BCUT2D eigenvalue weighted by atomic mass is 16.5. The van der Waals surface area contributed by atoms with Gasteiger partial charge in [0.25, 0.3) is 0 Å². The molecule has 4 rings (SSSR count). The summed E-state index contributed by atoms with van der Waals surface area (Å²) < 4.78 is 17.1. The molecule has 0 bridgehead atoms. The molecule has 9 nitrogen and oxygen atoms in total. The Morgan fingerprint density at radius 2 is 1.80 bits per heavy atom. The van der Waals surface area contributed by atoms with E-state index >= 15 is 0 Å². The lowest BCUT2D eigenvalue weighted by Crippen LogP contribution is -2.39. The first-order chi connectivity index (χ1) is 19.8. The standard InChI is InChI=1S/C32H41N3O6/c1-19(32(38)33-16-15-21-9-7-6-8-10-21)34-26-14-12-23-24(18-27(26)37)25(35-20(2)36)13-11-22-17-28(39-3)30(40-4)31(41-5)29(22)23/h9,12,14,17-19,25H,6-8,10-11,13,15-16H2,1-5H3,(H,33,38)(H,34,37)(H,35,36)/t19-,25-/m0/s1. The number of ether oxygens (including phenoxy) is 3. The van der Waals surface area contributed by atoms with E-state index in [1.165, 1.54) is 25.3 Å². The maximum absolute atomic E-state index is 13.5. The third-order valence-electron chi connectivity index (χ3n) is 7.81. The lowest BCUT2D eigenvalue weighted by Gasteiger charge is -2.19. The van der Waals surface area contributed by atoms with Gasteiger partial charge in [-0.2, -0.15) is 0 Å². The van der Waals surface area contributed by atoms with Crippen molar-refractivity contribution in [1.82, 2.24) is 10.6 Å². The van der Waals surface area contributed by atoms with Crippen molar-refractivity contribution in [2.45, 2.75) is 70.9 Å². The van der Waals surface area contributed by atoms with Gasteiger partial charge in [-0.05, 0) is 86.8 Å². The first-order valence-electron chi connectivity index (χ1n) is 14.3. The van der Waals surface area contributed by atoms with Crippen LogP contribution in [0.15, 0.2) is 40.7 Å². The molecule has 2 aromatic rings. The highest BCUT2D eigenvalue weighted by Gasteiger charge is 2.29. The number of anilines is 1. The molecule has 0 fully saturated rings. The Kier molecular flexibility index (Phi) is 9.91. The Bertz CT molecular complexity index is 1390. The largest absolute Gasteiger partial charge is 0.493 e. The van der Waals surface area contributed by atoms with Gasteiger partial charge in [-0.25, -0.2) is 0 Å². The minimum absolute atomic E-state index is 0.172. The molecule has 2 atom stereocenters. The number of carbonyl (C=O) groups excluding carboxylic acids is 2. The summed E-state index contributed by atoms with van der Waals surface area (Å²) in [5.74, 6) is 1.10. The van der Waals surface area contributed by atoms with Gasteiger partial charge in [0.1, 0.15) is 6.04 Å². The topological polar surface area (TPSA) is 115 Å². The van der Waals surface area contributed by atoms with Crippen molar-refractivity contribution in [2.24, 2.45) is 0 Å². The maximum atomic E-state index is 13.5. The molecule has 0 aliphatic heterocycles. The van der Waals surface area contributed by atoms with Crippen molar-refractivity contribution < 1.29 is 23.8 Å². The number of fused-ring (bicyclic) bond motifs is 3. The van der Waals surface area contributed by atoms with Crippen molar-refractivity contribution in [1.29, 1.82) is 0 Å². The Hall–Kier alpha value is -4.01. The number of amides is 2. The molecule has 2 aromatic carbocycles. The van der Waals surface area contributed by atoms with Gasteiger partial charge in [-0.15, -0.1) is 0 Å². The van der Waals surface area contributed by atoms with Crippen LogP contribution in [0.1, 0.15) is 69.5 Å². The summed E-state index contributed by atoms with van der Waals surface area (Å²) in [6.07, 6.45) is 8.96. The normalized spacial score (nSPS) is 16.6. The van der Waals surface area contributed by atoms with Crippen LogP contribution in [0.4, 0.5) is 5.69 Å². The second-order valence-corrected chi connectivity index (χ2v) is 10.6. The molecule has 0 aromatic heterocycles. The maximum Gasteiger partial charge on any atom is 0.242 e. The number of carbonyl (C=O) groups is 2. The van der Waals surface area contributed by atoms with Crippen LogP contribution in [0, 0.1) is 0 Å². The SMILES string of the molecule is COc1cc2c(c(OC)c1OC)-c1ccc(N[C@@H](C)C(=O)NCCC3=CCCCC3)c(=O)cc1[C@@H](NC(C)=O)CC2. The molecule has 3 N–H and O–H groups in total. The van der Waals surface area contributed by atoms with Crippen LogP contribution >= 0.6 is 0 Å². The third-order valence-corrected chi connectivity index (χ3v) is 7.81. The highest BCUT2D eigenvalue weighted by Crippen LogP contribution is 2.50. The molecule has 0 spiro atoms. The zero-order chi connectivity index (χ0) is 29.5. The molecule has 2 aliphatic rings. The summed E-state index contributed by atoms with van der Waals surface area (Å²) >= 11 is 0. The Morgan fingerprint density at radius 1 is 1.02 bits per heavy atom. The molecule has 2 amide bonds. The zero-order valence-electron chi connectivity index (χ0n) is 24.6. The van der Waals surface area contributed by atoms with Crippen molar-refractivity contribution >= 4 is 17.5 Å². The molecular formula is C32H41N3O6. The Balaban J connectivity index is 1.69. The number of nitrogens with one attached hydrogen (secondary N) is 3. The zero-order valence-corrected chi connectivity index (χ0v) is 24.6. The van der Waals surface area contributed by atoms with Crippen molar-refractivity contribution in [2.75, 3.05) is 33.2 Å². The Labute approximate surface area is 241 Å². The van der Waals surface area contributed by atoms with Crippen LogP contribution in [-0.2, 0) is 16.0 Å². The first-order valence-corrected chi connectivity index (χ1v) is 14.3. The van der Waals surface area contributed by atoms with E-state index in [1.807, 2.05) is 12.1 Å². The quantitative estimate of drug-likeness (QED) is 0.360. The van der Waals surface area contributed by atoms with Gasteiger partial charge in [-0.1, -0.05) is 17.7 Å². The number of hydrogen-bond acceptors (Lipinski definition) is 7. The lowest BCUT2D eigenvalue weighted by molar-refractivity contribution is -0.121. The van der Waals surface area contributed by atoms with Gasteiger partial charge < -0.3 is 30.2 Å². The minimum atomic E-state index is -0.623. The van der Waals surface area contributed by atoms with E-state index in [0.29, 0.717) is 47.9 Å². The van der Waals surface area contributed by atoms with E-state index in [-0.39, 0.29) is 17.2 Å². The van der Waals surface area contributed by atoms with Gasteiger partial charge in [0.05, 0.1) is 33.1 Å². The molecule has 0 heterocycles. The molecule has 41 heavy (non-hydrogen) atoms. The van der Waals surface area contributed by atoms with Crippen LogP contribution < -0.4 is 35.6 Å². The predicted octanol–water partition coefficient (Wildman–Crippen LogP) is 4.67. The summed E-state index contributed by atoms with van der Waals surface area (Å²) in [7, 11) is 4.68. The van der Waals surface area contributed by atoms with E-state index in [2.05, 4.69) is 22.0 Å². The van der Waals surface area contributed by atoms with Gasteiger partial charge >= 0.3 is 0 Å². The number of methoxy groups -OCH3 is 3. The van der Waals surface area contributed by atoms with Crippen LogP contribution in [-0.4, -0.2) is 45.7 Å². The second kappa shape index (κ2) is 13.6. The molecule has 2 aliphatic carbocycles. The fraction of sp³-hybridized carbons (Fsp3) is 0.469. The van der Waals surface area contributed by atoms with Gasteiger partial charge in [0.15, 0.2) is 11.5 Å². The lowest BCUT2D eigenvalue weighted by atomic mass is 9.95. The first kappa shape index (κ1) is 30.0. The number of hydrogen-bond donors (Lipinski definition) is 3. The van der Waals surface area contributed by atoms with E-state index in [4.69, 9.17) is 14.2 Å². The van der Waals surface area contributed by atoms with Crippen LogP contribution in [0.3, 0.4) is 0 Å². The molecular weight excluding hydrogens is 522 g/mol. The number of rotatable bonds is 10. The summed E-state index contributed by atoms with van der Waals surface area (Å²) in [5, 5.41) is 9.10. The summed E-state index contributed by atoms with van der Waals surface area (Å²) in [6, 6.07) is 5.96. The van der Waals surface area contributed by atoms with Crippen LogP contribution in [0.2, 0.25) is 0 Å². The molecule has 0 radical (unpaired) electrons. The molecule has 0 unspecified atom stereocenters. The molecule has 9 heteroatoms. The summed E-state index contributed by atoms with van der Waals surface area (Å²) in [4.78, 5) is 38.5. The Morgan fingerprint density at radius 3 is 2.46 bits per heavy atom. The fourth-order valence-corrected chi connectivity index (χ4v) is 5.76. The molecule has 0 saturated carbocycles. The van der Waals surface area contributed by atoms with Gasteiger partial charge in [0, 0.05) is 19.0 Å². The average molecular weight is 564 g/mol. The van der Waals surface area contributed by atoms with Crippen molar-refractivity contribution in [3.63, 3.8) is 0 Å². The number of allylic oxidation sites excluding steroid dienone is 1.